The quantitative estimate of drug-likeness (QED) is 0.908. The first-order chi connectivity index (χ1) is 9.40. The van der Waals surface area contributed by atoms with E-state index in [9.17, 15) is 13.6 Å². The minimum absolute atomic E-state index is 0.0120. The third kappa shape index (κ3) is 4.00. The predicted octanol–water partition coefficient (Wildman–Crippen LogP) is 3.19. The number of methoxy groups -OCH3 is 1. The molecule has 0 bridgehead atoms. The van der Waals surface area contributed by atoms with Gasteiger partial charge in [0.05, 0.1) is 7.11 Å². The highest BCUT2D eigenvalue weighted by Gasteiger charge is 2.17. The number of amides is 2. The van der Waals surface area contributed by atoms with Crippen molar-refractivity contribution in [2.24, 2.45) is 0 Å². The Kier molecular flexibility index (Phi) is 6.06. The summed E-state index contributed by atoms with van der Waals surface area (Å²) in [6.07, 6.45) is 1.94. The van der Waals surface area contributed by atoms with E-state index in [-0.39, 0.29) is 11.7 Å². The number of nitrogens with zero attached hydrogens (tertiary/aromatic N) is 1. The van der Waals surface area contributed by atoms with E-state index in [2.05, 4.69) is 10.1 Å². The molecule has 112 valence electrons. The molecule has 0 fully saturated rings. The lowest BCUT2D eigenvalue weighted by molar-refractivity contribution is 0.212. The highest BCUT2D eigenvalue weighted by atomic mass is 32.2. The molecule has 0 aromatic heterocycles. The third-order valence-corrected chi connectivity index (χ3v) is 3.66. The van der Waals surface area contributed by atoms with Crippen molar-refractivity contribution >= 4 is 23.5 Å². The average Bonchev–Trinajstić information content (AvgIpc) is 2.37. The zero-order valence-electron chi connectivity index (χ0n) is 11.9. The lowest BCUT2D eigenvalue weighted by Gasteiger charge is -2.24. The van der Waals surface area contributed by atoms with Gasteiger partial charge in [0.2, 0.25) is 0 Å². The molecule has 1 atom stereocenters. The summed E-state index contributed by atoms with van der Waals surface area (Å²) in [6, 6.07) is 1.63. The maximum atomic E-state index is 13.5. The van der Waals surface area contributed by atoms with E-state index in [0.29, 0.717) is 0 Å². The number of rotatable bonds is 5. The fraction of sp³-hybridized carbons (Fsp3) is 0.462. The summed E-state index contributed by atoms with van der Waals surface area (Å²) >= 11 is 1.61. The van der Waals surface area contributed by atoms with Crippen LogP contribution in [0.15, 0.2) is 12.1 Å². The van der Waals surface area contributed by atoms with Crippen LogP contribution in [0.5, 0.6) is 5.75 Å². The van der Waals surface area contributed by atoms with Gasteiger partial charge in [0.1, 0.15) is 0 Å². The number of benzene rings is 1. The van der Waals surface area contributed by atoms with Crippen LogP contribution in [0.4, 0.5) is 19.3 Å². The largest absolute Gasteiger partial charge is 0.491 e. The van der Waals surface area contributed by atoms with Gasteiger partial charge in [-0.3, -0.25) is 0 Å². The van der Waals surface area contributed by atoms with E-state index in [0.717, 1.165) is 17.9 Å². The van der Waals surface area contributed by atoms with E-state index >= 15 is 0 Å². The Morgan fingerprint density at radius 3 is 2.45 bits per heavy atom. The minimum Gasteiger partial charge on any atom is -0.491 e. The summed E-state index contributed by atoms with van der Waals surface area (Å²) in [5, 5.41) is 2.46. The standard InChI is InChI=1S/C13H18F2N2O2S/c1-8(7-20-4)17(2)13(18)16-9-5-10(14)12(19-3)11(15)6-9/h5-6,8H,7H2,1-4H3,(H,16,18). The van der Waals surface area contributed by atoms with Crippen LogP contribution < -0.4 is 10.1 Å². The number of nitrogens with one attached hydrogen (secondary N) is 1. The first-order valence-electron chi connectivity index (χ1n) is 5.96. The highest BCUT2D eigenvalue weighted by Crippen LogP contribution is 2.25. The number of urea groups is 1. The van der Waals surface area contributed by atoms with Crippen molar-refractivity contribution < 1.29 is 18.3 Å². The molecule has 1 aromatic rings. The van der Waals surface area contributed by atoms with Crippen LogP contribution in [0.25, 0.3) is 0 Å². The fourth-order valence-electron chi connectivity index (χ4n) is 1.59. The summed E-state index contributed by atoms with van der Waals surface area (Å²) < 4.78 is 31.6. The van der Waals surface area contributed by atoms with Crippen molar-refractivity contribution in [3.05, 3.63) is 23.8 Å². The van der Waals surface area contributed by atoms with Crippen LogP contribution in [0, 0.1) is 11.6 Å². The molecule has 0 aliphatic heterocycles. The van der Waals surface area contributed by atoms with Crippen LogP contribution in [-0.2, 0) is 0 Å². The van der Waals surface area contributed by atoms with E-state index in [1.165, 1.54) is 12.0 Å². The molecule has 1 N–H and O–H groups in total. The number of hydrogen-bond donors (Lipinski definition) is 1. The Morgan fingerprint density at radius 1 is 1.45 bits per heavy atom. The van der Waals surface area contributed by atoms with Gasteiger partial charge in [-0.1, -0.05) is 0 Å². The zero-order chi connectivity index (χ0) is 15.3. The minimum atomic E-state index is -0.859. The second-order valence-corrected chi connectivity index (χ2v) is 5.23. The number of carbonyl (C=O) groups is 1. The van der Waals surface area contributed by atoms with Crippen LogP contribution >= 0.6 is 11.8 Å². The monoisotopic (exact) mass is 304 g/mol. The van der Waals surface area contributed by atoms with Gasteiger partial charge in [-0.2, -0.15) is 11.8 Å². The smallest absolute Gasteiger partial charge is 0.321 e. The summed E-state index contributed by atoms with van der Waals surface area (Å²) in [5.74, 6) is -1.41. The second-order valence-electron chi connectivity index (χ2n) is 4.32. The number of halogens is 2. The average molecular weight is 304 g/mol. The molecular weight excluding hydrogens is 286 g/mol. The topological polar surface area (TPSA) is 41.6 Å². The van der Waals surface area contributed by atoms with Crippen molar-refractivity contribution in [1.82, 2.24) is 4.90 Å². The van der Waals surface area contributed by atoms with Gasteiger partial charge in [-0.15, -0.1) is 0 Å². The van der Waals surface area contributed by atoms with Crippen molar-refractivity contribution in [2.45, 2.75) is 13.0 Å². The molecule has 0 aliphatic carbocycles. The molecular formula is C13H18F2N2O2S. The van der Waals surface area contributed by atoms with Crippen molar-refractivity contribution in [1.29, 1.82) is 0 Å². The maximum Gasteiger partial charge on any atom is 0.321 e. The van der Waals surface area contributed by atoms with E-state index in [1.807, 2.05) is 13.2 Å². The molecule has 0 radical (unpaired) electrons. The van der Waals surface area contributed by atoms with Gasteiger partial charge in [0.25, 0.3) is 0 Å². The van der Waals surface area contributed by atoms with Gasteiger partial charge in [0.15, 0.2) is 17.4 Å². The number of hydrogen-bond acceptors (Lipinski definition) is 3. The Hall–Kier alpha value is -1.50. The van der Waals surface area contributed by atoms with Crippen molar-refractivity contribution in [2.75, 3.05) is 31.5 Å². The molecule has 4 nitrogen and oxygen atoms in total. The van der Waals surface area contributed by atoms with Crippen molar-refractivity contribution in [3.63, 3.8) is 0 Å². The Labute approximate surface area is 121 Å². The Balaban J connectivity index is 2.81. The summed E-state index contributed by atoms with van der Waals surface area (Å²) in [6.45, 7) is 1.89. The molecule has 0 saturated heterocycles. The van der Waals surface area contributed by atoms with Gasteiger partial charge in [-0.25, -0.2) is 13.6 Å². The lowest BCUT2D eigenvalue weighted by atomic mass is 10.2. The normalized spacial score (nSPS) is 11.9. The molecule has 2 amide bonds. The highest BCUT2D eigenvalue weighted by molar-refractivity contribution is 7.98. The maximum absolute atomic E-state index is 13.5. The number of ether oxygens (including phenoxy) is 1. The van der Waals surface area contributed by atoms with E-state index in [1.54, 1.807) is 18.8 Å². The fourth-order valence-corrected chi connectivity index (χ4v) is 2.30. The first kappa shape index (κ1) is 16.6. The number of thioether (sulfide) groups is 1. The number of carbonyl (C=O) groups excluding carboxylic acids is 1. The molecule has 7 heteroatoms. The first-order valence-corrected chi connectivity index (χ1v) is 7.35. The third-order valence-electron chi connectivity index (χ3n) is 2.84. The summed E-state index contributed by atoms with van der Waals surface area (Å²) in [4.78, 5) is 13.4. The van der Waals surface area contributed by atoms with Gasteiger partial charge in [0, 0.05) is 36.7 Å². The van der Waals surface area contributed by atoms with Crippen LogP contribution in [0.2, 0.25) is 0 Å². The molecule has 0 heterocycles. The molecule has 0 aliphatic rings. The Bertz CT molecular complexity index is 462. The van der Waals surface area contributed by atoms with Crippen molar-refractivity contribution in [3.8, 4) is 5.75 Å². The second kappa shape index (κ2) is 7.33. The van der Waals surface area contributed by atoms with Crippen LogP contribution in [0.3, 0.4) is 0 Å². The van der Waals surface area contributed by atoms with E-state index < -0.39 is 23.4 Å². The van der Waals surface area contributed by atoms with Crippen LogP contribution in [-0.4, -0.2) is 43.1 Å². The molecule has 1 unspecified atom stereocenters. The number of anilines is 1. The van der Waals surface area contributed by atoms with Gasteiger partial charge >= 0.3 is 6.03 Å². The van der Waals surface area contributed by atoms with Gasteiger partial charge < -0.3 is 15.0 Å². The molecule has 0 spiro atoms. The van der Waals surface area contributed by atoms with E-state index in [4.69, 9.17) is 0 Å². The Morgan fingerprint density at radius 2 is 2.00 bits per heavy atom. The molecule has 1 aromatic carbocycles. The summed E-state index contributed by atoms with van der Waals surface area (Å²) in [7, 11) is 2.81. The van der Waals surface area contributed by atoms with Gasteiger partial charge in [-0.05, 0) is 13.2 Å². The SMILES string of the molecule is COc1c(F)cc(NC(=O)N(C)C(C)CSC)cc1F. The predicted molar refractivity (Wildman–Crippen MR) is 77.5 cm³/mol. The lowest BCUT2D eigenvalue weighted by Crippen LogP contribution is -2.39. The molecule has 1 rings (SSSR count). The summed E-state index contributed by atoms with van der Waals surface area (Å²) in [5.41, 5.74) is 0.0500. The van der Waals surface area contributed by atoms with Crippen LogP contribution in [0.1, 0.15) is 6.92 Å². The molecule has 20 heavy (non-hydrogen) atoms. The zero-order valence-corrected chi connectivity index (χ0v) is 12.7. The molecule has 0 saturated carbocycles.